The van der Waals surface area contributed by atoms with Crippen molar-refractivity contribution in [2.45, 2.75) is 6.92 Å². The number of nitrogen functional groups attached to an aromatic ring is 1. The van der Waals surface area contributed by atoms with E-state index in [1.165, 1.54) is 0 Å². The molecule has 0 atom stereocenters. The normalized spacial score (nSPS) is 10.1. The molecule has 0 spiro atoms. The summed E-state index contributed by atoms with van der Waals surface area (Å²) < 4.78 is 0.735. The molecule has 3 N–H and O–H groups in total. The highest BCUT2D eigenvalue weighted by molar-refractivity contribution is 9.10. The zero-order valence-electron chi connectivity index (χ0n) is 9.77. The fourth-order valence-corrected chi connectivity index (χ4v) is 1.79. The van der Waals surface area contributed by atoms with Crippen molar-refractivity contribution < 1.29 is 4.79 Å². The van der Waals surface area contributed by atoms with Crippen LogP contribution in [0.3, 0.4) is 0 Å². The summed E-state index contributed by atoms with van der Waals surface area (Å²) in [5.41, 5.74) is 7.84. The topological polar surface area (TPSA) is 68.0 Å². The largest absolute Gasteiger partial charge is 0.398 e. The van der Waals surface area contributed by atoms with E-state index in [2.05, 4.69) is 26.2 Å². The average molecular weight is 306 g/mol. The molecule has 0 bridgehead atoms. The summed E-state index contributed by atoms with van der Waals surface area (Å²) in [5.74, 6) is 0.253. The van der Waals surface area contributed by atoms with Crippen LogP contribution >= 0.6 is 15.9 Å². The molecule has 18 heavy (non-hydrogen) atoms. The summed E-state index contributed by atoms with van der Waals surface area (Å²) in [5, 5.41) is 2.72. The lowest BCUT2D eigenvalue weighted by Crippen LogP contribution is -2.13. The van der Waals surface area contributed by atoms with Crippen LogP contribution in [0.1, 0.15) is 15.9 Å². The highest BCUT2D eigenvalue weighted by Gasteiger charge is 2.09. The Hall–Kier alpha value is -1.88. The molecule has 0 fully saturated rings. The Balaban J connectivity index is 2.22. The predicted molar refractivity (Wildman–Crippen MR) is 75.5 cm³/mol. The first kappa shape index (κ1) is 12.6. The van der Waals surface area contributed by atoms with Gasteiger partial charge in [-0.3, -0.25) is 4.79 Å². The number of aromatic nitrogens is 1. The van der Waals surface area contributed by atoms with Gasteiger partial charge in [0.05, 0.1) is 4.47 Å². The number of hydrogen-bond acceptors (Lipinski definition) is 3. The molecule has 0 unspecified atom stereocenters. The molecule has 0 radical (unpaired) electrons. The third-order valence-corrected chi connectivity index (χ3v) is 3.17. The van der Waals surface area contributed by atoms with Gasteiger partial charge >= 0.3 is 0 Å². The molecule has 2 rings (SSSR count). The predicted octanol–water partition coefficient (Wildman–Crippen LogP) is 2.99. The van der Waals surface area contributed by atoms with Gasteiger partial charge in [-0.1, -0.05) is 6.07 Å². The standard InChI is InChI=1S/C13H12BrN3O/c1-8-4-5-9(7-11(8)15)13(18)17-12-10(14)3-2-6-16-12/h2-7H,15H2,1H3,(H,16,17,18). The maximum Gasteiger partial charge on any atom is 0.256 e. The van der Waals surface area contributed by atoms with Crippen molar-refractivity contribution >= 4 is 33.3 Å². The molecular weight excluding hydrogens is 294 g/mol. The molecular formula is C13H12BrN3O. The first-order valence-corrected chi connectivity index (χ1v) is 6.15. The second-order valence-corrected chi connectivity index (χ2v) is 4.71. The molecule has 1 aromatic heterocycles. The molecule has 4 nitrogen and oxygen atoms in total. The highest BCUT2D eigenvalue weighted by Crippen LogP contribution is 2.20. The Morgan fingerprint density at radius 2 is 2.17 bits per heavy atom. The third-order valence-electron chi connectivity index (χ3n) is 2.53. The van der Waals surface area contributed by atoms with Gasteiger partial charge in [-0.05, 0) is 52.7 Å². The SMILES string of the molecule is Cc1ccc(C(=O)Nc2ncccc2Br)cc1N. The minimum absolute atomic E-state index is 0.235. The molecule has 0 aliphatic heterocycles. The number of nitrogens with one attached hydrogen (secondary N) is 1. The van der Waals surface area contributed by atoms with Gasteiger partial charge in [0.25, 0.3) is 5.91 Å². The van der Waals surface area contributed by atoms with E-state index >= 15 is 0 Å². The first-order chi connectivity index (χ1) is 8.58. The van der Waals surface area contributed by atoms with E-state index in [9.17, 15) is 4.79 Å². The lowest BCUT2D eigenvalue weighted by Gasteiger charge is -2.07. The Bertz CT molecular complexity index is 599. The second-order valence-electron chi connectivity index (χ2n) is 3.86. The van der Waals surface area contributed by atoms with E-state index in [-0.39, 0.29) is 5.91 Å². The summed E-state index contributed by atoms with van der Waals surface area (Å²) in [7, 11) is 0. The zero-order valence-corrected chi connectivity index (χ0v) is 11.4. The van der Waals surface area contributed by atoms with Crippen LogP contribution in [-0.2, 0) is 0 Å². The lowest BCUT2D eigenvalue weighted by molar-refractivity contribution is 0.102. The number of carbonyl (C=O) groups excluding carboxylic acids is 1. The van der Waals surface area contributed by atoms with Crippen LogP contribution in [0.15, 0.2) is 41.0 Å². The average Bonchev–Trinajstić information content (AvgIpc) is 2.35. The van der Waals surface area contributed by atoms with Crippen molar-refractivity contribution in [1.29, 1.82) is 0 Å². The number of amides is 1. The second kappa shape index (κ2) is 5.18. The van der Waals surface area contributed by atoms with Crippen LogP contribution in [0.5, 0.6) is 0 Å². The Morgan fingerprint density at radius 3 is 2.83 bits per heavy atom. The van der Waals surface area contributed by atoms with Crippen LogP contribution in [0.25, 0.3) is 0 Å². The number of nitrogens with zero attached hydrogens (tertiary/aromatic N) is 1. The van der Waals surface area contributed by atoms with Crippen LogP contribution in [0, 0.1) is 6.92 Å². The Morgan fingerprint density at radius 1 is 1.39 bits per heavy atom. The van der Waals surface area contributed by atoms with Crippen molar-refractivity contribution in [3.05, 3.63) is 52.1 Å². The number of halogens is 1. The monoisotopic (exact) mass is 305 g/mol. The molecule has 1 amide bonds. The fourth-order valence-electron chi connectivity index (χ4n) is 1.44. The smallest absolute Gasteiger partial charge is 0.256 e. The zero-order chi connectivity index (χ0) is 13.1. The molecule has 2 aromatic rings. The summed E-state index contributed by atoms with van der Waals surface area (Å²) >= 11 is 3.32. The minimum atomic E-state index is -0.235. The van der Waals surface area contributed by atoms with Crippen LogP contribution in [0.2, 0.25) is 0 Å². The van der Waals surface area contributed by atoms with Gasteiger partial charge in [-0.25, -0.2) is 4.98 Å². The van der Waals surface area contributed by atoms with Gasteiger partial charge in [-0.2, -0.15) is 0 Å². The van der Waals surface area contributed by atoms with E-state index < -0.39 is 0 Å². The van der Waals surface area contributed by atoms with E-state index in [0.29, 0.717) is 17.1 Å². The van der Waals surface area contributed by atoms with Gasteiger partial charge in [0, 0.05) is 17.4 Å². The fraction of sp³-hybridized carbons (Fsp3) is 0.0769. The number of nitrogens with two attached hydrogens (primary N) is 1. The number of hydrogen-bond donors (Lipinski definition) is 2. The van der Waals surface area contributed by atoms with E-state index in [0.717, 1.165) is 10.0 Å². The molecule has 92 valence electrons. The Labute approximate surface area is 113 Å². The maximum absolute atomic E-state index is 12.0. The molecule has 0 aliphatic carbocycles. The summed E-state index contributed by atoms with van der Waals surface area (Å²) in [6.45, 7) is 1.90. The summed E-state index contributed by atoms with van der Waals surface area (Å²) in [6, 6.07) is 8.80. The van der Waals surface area contributed by atoms with E-state index in [4.69, 9.17) is 5.73 Å². The van der Waals surface area contributed by atoms with Crippen LogP contribution in [0.4, 0.5) is 11.5 Å². The Kier molecular flexibility index (Phi) is 3.62. The minimum Gasteiger partial charge on any atom is -0.398 e. The van der Waals surface area contributed by atoms with Gasteiger partial charge in [0.1, 0.15) is 5.82 Å². The van der Waals surface area contributed by atoms with Crippen LogP contribution < -0.4 is 11.1 Å². The number of rotatable bonds is 2. The van der Waals surface area contributed by atoms with Gasteiger partial charge in [0.15, 0.2) is 0 Å². The van der Waals surface area contributed by atoms with Crippen molar-refractivity contribution in [2.24, 2.45) is 0 Å². The van der Waals surface area contributed by atoms with Crippen molar-refractivity contribution in [3.8, 4) is 0 Å². The first-order valence-electron chi connectivity index (χ1n) is 5.36. The third kappa shape index (κ3) is 2.68. The van der Waals surface area contributed by atoms with Gasteiger partial charge in [0.2, 0.25) is 0 Å². The number of pyridine rings is 1. The van der Waals surface area contributed by atoms with Crippen molar-refractivity contribution in [1.82, 2.24) is 4.98 Å². The molecule has 1 aromatic carbocycles. The molecule has 0 aliphatic rings. The molecule has 0 saturated carbocycles. The highest BCUT2D eigenvalue weighted by atomic mass is 79.9. The number of carbonyl (C=O) groups is 1. The van der Waals surface area contributed by atoms with E-state index in [1.54, 1.807) is 24.4 Å². The molecule has 0 saturated heterocycles. The molecule has 5 heteroatoms. The number of aryl methyl sites for hydroxylation is 1. The maximum atomic E-state index is 12.0. The number of anilines is 2. The van der Waals surface area contributed by atoms with E-state index in [1.807, 2.05) is 19.1 Å². The van der Waals surface area contributed by atoms with Crippen molar-refractivity contribution in [2.75, 3.05) is 11.1 Å². The van der Waals surface area contributed by atoms with Gasteiger partial charge < -0.3 is 11.1 Å². The quantitative estimate of drug-likeness (QED) is 0.838. The summed E-state index contributed by atoms with van der Waals surface area (Å²) in [4.78, 5) is 16.1. The summed E-state index contributed by atoms with van der Waals surface area (Å²) in [6.07, 6.45) is 1.61. The molecule has 1 heterocycles. The van der Waals surface area contributed by atoms with Crippen LogP contribution in [-0.4, -0.2) is 10.9 Å². The van der Waals surface area contributed by atoms with Gasteiger partial charge in [-0.15, -0.1) is 0 Å². The lowest BCUT2D eigenvalue weighted by atomic mass is 10.1. The number of benzene rings is 1. The van der Waals surface area contributed by atoms with Crippen molar-refractivity contribution in [3.63, 3.8) is 0 Å².